The molecule has 52 heavy (non-hydrogen) atoms. The number of Topliss-reactive ketones (excluding diaryl/α,β-unsaturated/α-hetero) is 2. The predicted octanol–water partition coefficient (Wildman–Crippen LogP) is 5.21. The number of hydrogen-bond acceptors (Lipinski definition) is 12. The molecule has 6 aliphatic heterocycles. The van der Waals surface area contributed by atoms with Gasteiger partial charge in [0.1, 0.15) is 34.2 Å². The minimum absolute atomic E-state index is 0.0286. The van der Waals surface area contributed by atoms with Gasteiger partial charge in [-0.3, -0.25) is 9.59 Å². The molecule has 2 spiro atoms. The van der Waals surface area contributed by atoms with E-state index in [1.165, 1.54) is 0 Å². The van der Waals surface area contributed by atoms with Crippen molar-refractivity contribution in [2.45, 2.75) is 88.0 Å². The highest BCUT2D eigenvalue weighted by Crippen LogP contribution is 2.57. The van der Waals surface area contributed by atoms with Crippen molar-refractivity contribution in [2.75, 3.05) is 68.1 Å². The van der Waals surface area contributed by atoms with E-state index in [0.717, 1.165) is 83.8 Å². The summed E-state index contributed by atoms with van der Waals surface area (Å²) in [4.78, 5) is 25.3. The fourth-order valence-corrected chi connectivity index (χ4v) is 9.66. The second kappa shape index (κ2) is 14.5. The summed E-state index contributed by atoms with van der Waals surface area (Å²) in [6.45, 7) is 6.95. The van der Waals surface area contributed by atoms with E-state index in [2.05, 4.69) is 0 Å². The predicted molar refractivity (Wildman–Crippen MR) is 187 cm³/mol. The standard InChI is InChI=1S/2C20H26O6/c2*1-13(21)20-12-24-6-4-5-15(20)9-19(26-20)11-25-10-14-7-16(22-2)8-17(23-3)18(14)19/h2*7-8,15H,4-6,9-12H2,1-3H3/t2*15-,19-,20+/m10/s1. The first-order chi connectivity index (χ1) is 25.1. The summed E-state index contributed by atoms with van der Waals surface area (Å²) in [6, 6.07) is 7.68. The first-order valence-corrected chi connectivity index (χ1v) is 18.3. The summed E-state index contributed by atoms with van der Waals surface area (Å²) in [5.41, 5.74) is 0.761. The average Bonchev–Trinajstić information content (AvgIpc) is 3.44. The Kier molecular flexibility index (Phi) is 10.4. The molecule has 0 N–H and O–H groups in total. The molecule has 2 aromatic rings. The number of ether oxygens (including phenoxy) is 10. The van der Waals surface area contributed by atoms with E-state index in [4.69, 9.17) is 47.4 Å². The van der Waals surface area contributed by atoms with Crippen LogP contribution in [0.15, 0.2) is 24.3 Å². The fourth-order valence-electron chi connectivity index (χ4n) is 9.66. The maximum absolute atomic E-state index is 12.7. The lowest BCUT2D eigenvalue weighted by Crippen LogP contribution is -2.48. The first kappa shape index (κ1) is 37.1. The highest BCUT2D eigenvalue weighted by molar-refractivity contribution is 5.87. The molecule has 12 heteroatoms. The third-order valence-electron chi connectivity index (χ3n) is 12.1. The van der Waals surface area contributed by atoms with Crippen molar-refractivity contribution in [3.8, 4) is 23.0 Å². The van der Waals surface area contributed by atoms with E-state index in [-0.39, 0.29) is 23.4 Å². The van der Waals surface area contributed by atoms with Crippen LogP contribution in [0, 0.1) is 11.8 Å². The molecule has 4 fully saturated rings. The normalized spacial score (nSPS) is 33.3. The molecule has 0 unspecified atom stereocenters. The molecule has 8 rings (SSSR count). The molecule has 0 aromatic heterocycles. The molecule has 6 heterocycles. The van der Waals surface area contributed by atoms with E-state index < -0.39 is 22.4 Å². The SMILES string of the molecule is COc1cc2c(c(OC)c1)[C@@]1(COC2)C[C@@H]2CCCOC[C@]2(C(C)=O)O1.COc1cc2c(c(OC)c1)[C@]1(COC2)C[C@H]2CCCOC[C@@]2(C(C)=O)O1. The topological polar surface area (TPSA) is 126 Å². The number of benzene rings is 2. The maximum atomic E-state index is 12.7. The Labute approximate surface area is 305 Å². The summed E-state index contributed by atoms with van der Waals surface area (Å²) >= 11 is 0. The van der Waals surface area contributed by atoms with Crippen molar-refractivity contribution in [3.05, 3.63) is 46.5 Å². The average molecular weight is 725 g/mol. The van der Waals surface area contributed by atoms with Crippen LogP contribution in [0.1, 0.15) is 74.6 Å². The molecule has 0 aliphatic carbocycles. The molecular formula is C40H52O12. The molecule has 4 saturated heterocycles. The Morgan fingerprint density at radius 1 is 0.596 bits per heavy atom. The number of carbonyl (C=O) groups is 2. The smallest absolute Gasteiger partial charge is 0.164 e. The Morgan fingerprint density at radius 2 is 1.02 bits per heavy atom. The zero-order valence-electron chi connectivity index (χ0n) is 31.3. The number of carbonyl (C=O) groups excluding carboxylic acids is 2. The van der Waals surface area contributed by atoms with E-state index in [9.17, 15) is 9.59 Å². The number of ketones is 2. The van der Waals surface area contributed by atoms with Crippen LogP contribution in [-0.4, -0.2) is 90.8 Å². The van der Waals surface area contributed by atoms with Gasteiger partial charge in [0.25, 0.3) is 0 Å². The van der Waals surface area contributed by atoms with Crippen LogP contribution in [0.2, 0.25) is 0 Å². The van der Waals surface area contributed by atoms with Gasteiger partial charge in [-0.2, -0.15) is 0 Å². The summed E-state index contributed by atoms with van der Waals surface area (Å²) in [6.07, 6.45) is 5.15. The van der Waals surface area contributed by atoms with Crippen LogP contribution < -0.4 is 18.9 Å². The molecular weight excluding hydrogens is 672 g/mol. The minimum Gasteiger partial charge on any atom is -0.497 e. The van der Waals surface area contributed by atoms with Crippen molar-refractivity contribution in [1.82, 2.24) is 0 Å². The van der Waals surface area contributed by atoms with Gasteiger partial charge in [-0.15, -0.1) is 0 Å². The van der Waals surface area contributed by atoms with E-state index >= 15 is 0 Å². The van der Waals surface area contributed by atoms with Crippen LogP contribution in [0.3, 0.4) is 0 Å². The van der Waals surface area contributed by atoms with Crippen LogP contribution in [0.25, 0.3) is 0 Å². The van der Waals surface area contributed by atoms with Crippen molar-refractivity contribution >= 4 is 11.6 Å². The van der Waals surface area contributed by atoms with Crippen molar-refractivity contribution in [3.63, 3.8) is 0 Å². The molecule has 284 valence electrons. The third-order valence-corrected chi connectivity index (χ3v) is 12.1. The summed E-state index contributed by atoms with van der Waals surface area (Å²) in [5, 5.41) is 0. The lowest BCUT2D eigenvalue weighted by atomic mass is 9.77. The van der Waals surface area contributed by atoms with Gasteiger partial charge in [-0.05, 0) is 75.6 Å². The third kappa shape index (κ3) is 6.09. The number of fused-ring (bicyclic) bond motifs is 6. The second-order valence-electron chi connectivity index (χ2n) is 15.0. The fraction of sp³-hybridized carbons (Fsp3) is 0.650. The Morgan fingerprint density at radius 3 is 1.38 bits per heavy atom. The van der Waals surface area contributed by atoms with E-state index in [0.29, 0.717) is 52.9 Å². The summed E-state index contributed by atoms with van der Waals surface area (Å²) in [5.74, 6) is 3.17. The second-order valence-corrected chi connectivity index (χ2v) is 15.0. The highest BCUT2D eigenvalue weighted by Gasteiger charge is 2.63. The number of hydrogen-bond donors (Lipinski definition) is 0. The van der Waals surface area contributed by atoms with Gasteiger partial charge in [0.15, 0.2) is 22.8 Å². The molecule has 0 radical (unpaired) electrons. The zero-order valence-corrected chi connectivity index (χ0v) is 31.3. The Hall–Kier alpha value is -3.26. The highest BCUT2D eigenvalue weighted by atomic mass is 16.6. The first-order valence-electron chi connectivity index (χ1n) is 18.3. The van der Waals surface area contributed by atoms with Gasteiger partial charge in [-0.25, -0.2) is 0 Å². The van der Waals surface area contributed by atoms with Crippen LogP contribution in [0.5, 0.6) is 23.0 Å². The van der Waals surface area contributed by atoms with Crippen LogP contribution in [0.4, 0.5) is 0 Å². The van der Waals surface area contributed by atoms with Gasteiger partial charge in [0, 0.05) is 48.3 Å². The lowest BCUT2D eigenvalue weighted by Gasteiger charge is -2.38. The zero-order chi connectivity index (χ0) is 36.7. The van der Waals surface area contributed by atoms with Crippen molar-refractivity contribution < 1.29 is 57.0 Å². The Balaban J connectivity index is 0.000000162. The maximum Gasteiger partial charge on any atom is 0.164 e. The summed E-state index contributed by atoms with van der Waals surface area (Å²) < 4.78 is 58.8. The van der Waals surface area contributed by atoms with Gasteiger partial charge >= 0.3 is 0 Å². The number of methoxy groups -OCH3 is 4. The monoisotopic (exact) mass is 724 g/mol. The molecule has 0 saturated carbocycles. The van der Waals surface area contributed by atoms with Crippen LogP contribution >= 0.6 is 0 Å². The molecule has 6 aliphatic rings. The van der Waals surface area contributed by atoms with Gasteiger partial charge in [-0.1, -0.05) is 0 Å². The molecule has 0 amide bonds. The van der Waals surface area contributed by atoms with Gasteiger partial charge < -0.3 is 47.4 Å². The summed E-state index contributed by atoms with van der Waals surface area (Å²) in [7, 11) is 6.56. The Bertz CT molecular complexity index is 1520. The molecule has 0 bridgehead atoms. The largest absolute Gasteiger partial charge is 0.497 e. The van der Waals surface area contributed by atoms with E-state index in [1.807, 2.05) is 24.3 Å². The quantitative estimate of drug-likeness (QED) is 0.389. The lowest BCUT2D eigenvalue weighted by molar-refractivity contribution is -0.183. The van der Waals surface area contributed by atoms with E-state index in [1.54, 1.807) is 42.3 Å². The molecule has 12 nitrogen and oxygen atoms in total. The van der Waals surface area contributed by atoms with Crippen molar-refractivity contribution in [1.29, 1.82) is 0 Å². The molecule has 6 atom stereocenters. The van der Waals surface area contributed by atoms with Crippen LogP contribution in [-0.2, 0) is 62.4 Å². The van der Waals surface area contributed by atoms with Crippen molar-refractivity contribution in [2.24, 2.45) is 11.8 Å². The van der Waals surface area contributed by atoms with Gasteiger partial charge in [0.2, 0.25) is 0 Å². The van der Waals surface area contributed by atoms with Gasteiger partial charge in [0.05, 0.1) is 68.1 Å². The number of rotatable bonds is 6. The minimum atomic E-state index is -0.903. The molecule has 2 aromatic carbocycles.